The molecule has 28 heteroatoms. The molecule has 8 atom stereocenters. The number of unbranched alkanes of at least 4 members (excludes halogenated alkanes) is 12. The van der Waals surface area contributed by atoms with E-state index < -0.39 is 100.0 Å². The van der Waals surface area contributed by atoms with Crippen LogP contribution in [0.15, 0.2) is 0 Å². The quantitative estimate of drug-likeness (QED) is 0.00915. The molecule has 0 aromatic carbocycles. The average molecular weight is 1150 g/mol. The van der Waals surface area contributed by atoms with Crippen LogP contribution in [0.3, 0.4) is 0 Å². The number of carbonyl (C=O) groups excluding carboxylic acids is 2. The average Bonchev–Trinajstić information content (AvgIpc) is 3.30. The third-order valence-electron chi connectivity index (χ3n) is 9.19. The minimum absolute atomic E-state index is 0. The zero-order valence-electron chi connectivity index (χ0n) is 40.6. The minimum Gasteiger partial charge on any atom is -0.457 e. The molecule has 24 nitrogen and oxygen atoms in total. The van der Waals surface area contributed by atoms with Crippen molar-refractivity contribution in [1.82, 2.24) is 5.32 Å². The van der Waals surface area contributed by atoms with Gasteiger partial charge in [0.25, 0.3) is 0 Å². The monoisotopic (exact) mass is 1150 g/mol. The van der Waals surface area contributed by atoms with Crippen molar-refractivity contribution in [2.75, 3.05) is 20.0 Å². The number of aliphatic hydroxyl groups is 3. The topological polar surface area (TPSA) is 381 Å². The largest absolute Gasteiger partial charge is 0.472 e. The number of hydrogen-bond acceptors (Lipinski definition) is 16. The molecule has 1 aliphatic rings. The fourth-order valence-corrected chi connectivity index (χ4v) is 8.77. The van der Waals surface area contributed by atoms with E-state index in [0.29, 0.717) is 12.8 Å². The van der Waals surface area contributed by atoms with Crippen LogP contribution in [0.25, 0.3) is 0 Å². The second-order valence-electron chi connectivity index (χ2n) is 15.3. The van der Waals surface area contributed by atoms with E-state index in [2.05, 4.69) is 115 Å². The normalized spacial score (nSPS) is 19.0. The third-order valence-corrected chi connectivity index (χ3v) is 11.7. The van der Waals surface area contributed by atoms with Gasteiger partial charge in [0, 0.05) is 81.7 Å². The number of carbonyl (C=O) groups is 2. The molecule has 0 bridgehead atoms. The summed E-state index contributed by atoms with van der Waals surface area (Å²) in [5, 5.41) is 32.8. The van der Waals surface area contributed by atoms with E-state index in [0.717, 1.165) is 38.5 Å². The zero-order valence-corrected chi connectivity index (χ0v) is 44.2. The summed E-state index contributed by atoms with van der Waals surface area (Å²) >= 11 is 0. The lowest BCUT2D eigenvalue weighted by atomic mass is 9.85. The number of esters is 1. The van der Waals surface area contributed by atoms with Crippen LogP contribution in [-0.4, -0.2) is 124 Å². The van der Waals surface area contributed by atoms with Gasteiger partial charge in [0.05, 0.1) is 13.2 Å². The number of rotatable bonds is 31. The third kappa shape index (κ3) is 38.3. The molecule has 0 heterocycles. The highest BCUT2D eigenvalue weighted by Crippen LogP contribution is 2.53. The number of phosphoric ester groups is 4. The summed E-state index contributed by atoms with van der Waals surface area (Å²) in [4.78, 5) is 89.4. The predicted octanol–water partition coefficient (Wildman–Crippen LogP) is 6.22. The second-order valence-corrected chi connectivity index (χ2v) is 20.3. The first kappa shape index (κ1) is 69.7. The molecule has 11 N–H and O–H groups in total. The fraction of sp³-hybridized carbons (Fsp3) is 0.609. The highest BCUT2D eigenvalue weighted by Gasteiger charge is 2.59. The molecule has 440 valence electrons. The number of ether oxygens (including phenoxy) is 2. The van der Waals surface area contributed by atoms with Crippen LogP contribution in [0.5, 0.6) is 0 Å². The van der Waals surface area contributed by atoms with Crippen LogP contribution in [-0.2, 0) is 59.9 Å². The van der Waals surface area contributed by atoms with Gasteiger partial charge in [0.2, 0.25) is 5.91 Å². The van der Waals surface area contributed by atoms with Crippen molar-refractivity contribution in [3.63, 3.8) is 0 Å². The van der Waals surface area contributed by atoms with E-state index in [4.69, 9.17) is 30.1 Å². The molecule has 1 amide bonds. The lowest BCUT2D eigenvalue weighted by Gasteiger charge is -2.45. The van der Waals surface area contributed by atoms with Gasteiger partial charge in [-0.15, -0.1) is 6.42 Å². The first-order valence-corrected chi connectivity index (χ1v) is 28.8. The maximum atomic E-state index is 12.9. The van der Waals surface area contributed by atoms with Gasteiger partial charge >= 0.3 is 37.3 Å². The van der Waals surface area contributed by atoms with E-state index in [1.165, 1.54) is 44.9 Å². The minimum atomic E-state index is -5.75. The molecular weight excluding hydrogens is 1060 g/mol. The summed E-state index contributed by atoms with van der Waals surface area (Å²) in [7, 11) is -22.8. The number of phosphoric acid groups is 4. The maximum Gasteiger partial charge on any atom is 0.472 e. The van der Waals surface area contributed by atoms with E-state index in [9.17, 15) is 72.3 Å². The molecule has 0 spiro atoms. The number of aliphatic hydroxyl groups excluding tert-OH is 3. The van der Waals surface area contributed by atoms with Crippen LogP contribution in [0.4, 0.5) is 0 Å². The summed E-state index contributed by atoms with van der Waals surface area (Å²) in [6, 6.07) is 2.42. The molecule has 74 heavy (non-hydrogen) atoms. The number of terminal acetylenes is 1. The number of nitrogens with one attached hydrogen (secondary N) is 1. The molecule has 0 aromatic heterocycles. The Kier molecular flexibility index (Phi) is 37.7. The predicted molar refractivity (Wildman–Crippen MR) is 295 cm³/mol. The number of amides is 1. The first-order valence-electron chi connectivity index (χ1n) is 22.8. The molecule has 1 rings (SSSR count). The van der Waals surface area contributed by atoms with Crippen LogP contribution >= 0.6 is 31.3 Å². The zero-order chi connectivity index (χ0) is 55.9. The van der Waals surface area contributed by atoms with Crippen LogP contribution < -0.4 is 5.32 Å². The fourth-order valence-electron chi connectivity index (χ4n) is 6.11. The van der Waals surface area contributed by atoms with Gasteiger partial charge in [-0.1, -0.05) is 90.9 Å². The standard InChI is InChI=1S/C26H54O22P4.C20H9NO.15H2/c1-2-3-4-5-6-7-8-9-10-11-12-13-14-15-20(28)44-19(16-42-18-27)17-43-52(40,41)48-23-21(29)24(45-49(31,32)33)26(47-51(37,38)39)25(22(23)30)46-50(34,35)36;1-3-5-6-7-8-9-10-11-12-13-14-15-16-17-19-21-20(22)18-4-2;;;;;;;;;;;;;;;/h19,21-27,29-30H,2-18H2,1H3,(H,40,41)(H2,31,32,33)(H2,34,35,36)(H2,37,38,39);1H,4,18H2,2H3,(H,21,22);15*1H/t19-,21-,22?,23?,24?,25+,26?;;;;;;;;;;;;;;;;/m1................/s1. The van der Waals surface area contributed by atoms with E-state index in [-0.39, 0.29) is 33.7 Å². The Morgan fingerprint density at radius 2 is 0.946 bits per heavy atom. The Labute approximate surface area is 453 Å². The smallest absolute Gasteiger partial charge is 0.457 e. The van der Waals surface area contributed by atoms with Gasteiger partial charge in [0.1, 0.15) is 49.5 Å². The lowest BCUT2D eigenvalue weighted by Crippen LogP contribution is -2.65. The molecular formula is C46H93NO23P4. The molecule has 0 aromatic rings. The Balaban J connectivity index is -0.0000000896. The number of hydrogen-bond donors (Lipinski definition) is 11. The summed E-state index contributed by atoms with van der Waals surface area (Å²) in [5.41, 5.74) is 0. The molecule has 1 fully saturated rings. The van der Waals surface area contributed by atoms with E-state index in [1.807, 2.05) is 6.92 Å². The van der Waals surface area contributed by atoms with Gasteiger partial charge in [-0.05, 0) is 54.3 Å². The van der Waals surface area contributed by atoms with Crippen LogP contribution in [0, 0.1) is 95.4 Å². The van der Waals surface area contributed by atoms with Crippen LogP contribution in [0.1, 0.15) is 138 Å². The summed E-state index contributed by atoms with van der Waals surface area (Å²) < 4.78 is 79.8. The van der Waals surface area contributed by atoms with Crippen LogP contribution in [0.2, 0.25) is 0 Å². The van der Waals surface area contributed by atoms with Crippen molar-refractivity contribution in [3.8, 4) is 95.4 Å². The molecule has 5 unspecified atom stereocenters. The molecule has 0 aliphatic heterocycles. The van der Waals surface area contributed by atoms with Gasteiger partial charge in [-0.2, -0.15) is 0 Å². The SMILES string of the molecule is C#CC#CC#CC#CC#CC#CC#CC#CNC(=O)CCC.CCCCCCCCCCCCCCCC(=O)O[C@H](COCO)COP(=O)(O)OC1C(O)[C@H](OP(=O)(O)O)C(OP(=O)(O)O)C(OP(=O)(O)O)[C@@H]1O.[HH].[HH].[HH].[HH].[HH].[HH].[HH].[HH].[HH].[HH].[HH].[HH].[HH].[HH].[HH]. The second kappa shape index (κ2) is 40.0. The molecule has 1 aliphatic carbocycles. The Hall–Kier alpha value is -4.30. The molecule has 1 saturated carbocycles. The first-order chi connectivity index (χ1) is 34.9. The van der Waals surface area contributed by atoms with Gasteiger partial charge < -0.3 is 59.0 Å². The Bertz CT molecular complexity index is 2460. The summed E-state index contributed by atoms with van der Waals surface area (Å²) in [6.07, 6.45) is 2.44. The van der Waals surface area contributed by atoms with Gasteiger partial charge in [-0.3, -0.25) is 37.5 Å². The Morgan fingerprint density at radius 1 is 0.541 bits per heavy atom. The molecule has 0 radical (unpaired) electrons. The highest BCUT2D eigenvalue weighted by molar-refractivity contribution is 7.47. The lowest BCUT2D eigenvalue weighted by molar-refractivity contribution is -0.209. The van der Waals surface area contributed by atoms with E-state index >= 15 is 0 Å². The van der Waals surface area contributed by atoms with Crippen molar-refractivity contribution in [1.29, 1.82) is 0 Å². The van der Waals surface area contributed by atoms with Crippen molar-refractivity contribution < 1.29 is 131 Å². The maximum absolute atomic E-state index is 12.9. The van der Waals surface area contributed by atoms with Crippen molar-refractivity contribution >= 4 is 43.2 Å². The highest BCUT2D eigenvalue weighted by atomic mass is 31.2. The Morgan fingerprint density at radius 3 is 1.35 bits per heavy atom. The van der Waals surface area contributed by atoms with Gasteiger partial charge in [-0.25, -0.2) is 18.3 Å². The van der Waals surface area contributed by atoms with Gasteiger partial charge in [0.15, 0.2) is 0 Å². The van der Waals surface area contributed by atoms with Crippen molar-refractivity contribution in [3.05, 3.63) is 0 Å². The van der Waals surface area contributed by atoms with Crippen molar-refractivity contribution in [2.24, 2.45) is 0 Å². The summed E-state index contributed by atoms with van der Waals surface area (Å²) in [5.74, 6) is 33.1. The van der Waals surface area contributed by atoms with Crippen molar-refractivity contribution in [2.45, 2.75) is 159 Å². The summed E-state index contributed by atoms with van der Waals surface area (Å²) in [6.45, 7) is 1.73. The van der Waals surface area contributed by atoms with E-state index in [1.54, 1.807) is 0 Å². The molecule has 0 saturated heterocycles.